The lowest BCUT2D eigenvalue weighted by Crippen LogP contribution is -3.46. The van der Waals surface area contributed by atoms with E-state index in [9.17, 15) is 5.26 Å². The van der Waals surface area contributed by atoms with Crippen LogP contribution < -0.4 is 23.6 Å². The van der Waals surface area contributed by atoms with E-state index >= 15 is 0 Å². The quantitative estimate of drug-likeness (QED) is 0.153. The zero-order valence-electron chi connectivity index (χ0n) is 11.6. The van der Waals surface area contributed by atoms with Crippen molar-refractivity contribution in [3.8, 4) is 6.07 Å². The summed E-state index contributed by atoms with van der Waals surface area (Å²) in [5.41, 5.74) is 6.85. The summed E-state index contributed by atoms with van der Waals surface area (Å²) < 4.78 is 2.69. The van der Waals surface area contributed by atoms with Crippen LogP contribution in [0.4, 0.5) is 5.95 Å². The van der Waals surface area contributed by atoms with Crippen molar-refractivity contribution < 1.29 is 17.8 Å². The number of thioether (sulfide) groups is 2. The van der Waals surface area contributed by atoms with Gasteiger partial charge in [0.25, 0.3) is 37.2 Å². The standard InChI is InChI=1S/C12H13IN4S2.I3/c1-18-10-6(5-14)11-17(12(15)16-10)9-7(13)3-2-4-8(9)19-11;1-3-2/h7-9,15H,2-4H2,1H3;/q;+1/p+1/t7-,8-,9+;/m0./s1. The Hall–Kier alpha value is 1.99. The van der Waals surface area contributed by atoms with Crippen molar-refractivity contribution in [1.29, 1.82) is 5.26 Å². The molecule has 1 saturated carbocycles. The van der Waals surface area contributed by atoms with Crippen molar-refractivity contribution in [3.05, 3.63) is 5.56 Å². The Kier molecular flexibility index (Phi) is 8.88. The molecule has 0 amide bonds. The summed E-state index contributed by atoms with van der Waals surface area (Å²) in [6.45, 7) is 0. The maximum absolute atomic E-state index is 9.43. The molecule has 3 atom stereocenters. The van der Waals surface area contributed by atoms with Gasteiger partial charge in [-0.05, 0) is 19.1 Å². The van der Waals surface area contributed by atoms with Crippen molar-refractivity contribution >= 4 is 89.3 Å². The molecule has 4 nitrogen and oxygen atoms in total. The summed E-state index contributed by atoms with van der Waals surface area (Å²) in [7, 11) is 0. The van der Waals surface area contributed by atoms with Gasteiger partial charge in [0.05, 0.1) is 0 Å². The van der Waals surface area contributed by atoms with Crippen molar-refractivity contribution in [2.75, 3.05) is 12.0 Å². The lowest BCUT2D eigenvalue weighted by Gasteiger charge is -2.28. The van der Waals surface area contributed by atoms with Crippen LogP contribution in [-0.2, 0) is 0 Å². The smallest absolute Gasteiger partial charge is 0.287 e. The predicted octanol–water partition coefficient (Wildman–Crippen LogP) is 1.32. The first kappa shape index (κ1) is 20.3. The maximum Gasteiger partial charge on any atom is 0.421 e. The van der Waals surface area contributed by atoms with Gasteiger partial charge in [-0.25, -0.2) is 4.57 Å². The Balaban J connectivity index is 0.000000545. The number of nitrogens with two attached hydrogens (primary N) is 1. The van der Waals surface area contributed by atoms with Crippen LogP contribution in [0.2, 0.25) is 0 Å². The summed E-state index contributed by atoms with van der Waals surface area (Å²) in [6, 6.07) is 2.71. The van der Waals surface area contributed by atoms with E-state index in [0.29, 0.717) is 40.0 Å². The fourth-order valence-electron chi connectivity index (χ4n) is 2.87. The average Bonchev–Trinajstić information content (AvgIpc) is 2.89. The van der Waals surface area contributed by atoms with Crippen LogP contribution in [-0.4, -0.2) is 20.4 Å². The van der Waals surface area contributed by atoms with Gasteiger partial charge < -0.3 is 0 Å². The zero-order chi connectivity index (χ0) is 16.3. The molecule has 1 aromatic heterocycles. The number of aromatic nitrogens is 2. The number of fused-ring (bicyclic) bond motifs is 3. The van der Waals surface area contributed by atoms with Crippen molar-refractivity contribution in [2.45, 2.75) is 44.5 Å². The number of halogens is 4. The molecule has 1 aliphatic carbocycles. The predicted molar refractivity (Wildman–Crippen MR) is 114 cm³/mol. The highest BCUT2D eigenvalue weighted by Gasteiger charge is 2.46. The first-order valence-electron chi connectivity index (χ1n) is 6.45. The van der Waals surface area contributed by atoms with Crippen LogP contribution in [0.1, 0.15) is 30.9 Å². The van der Waals surface area contributed by atoms with Crippen LogP contribution in [0.25, 0.3) is 0 Å². The molecule has 0 radical (unpaired) electrons. The van der Waals surface area contributed by atoms with E-state index in [1.165, 1.54) is 31.0 Å². The van der Waals surface area contributed by atoms with Gasteiger partial charge in [-0.3, -0.25) is 5.73 Å². The molecule has 1 fully saturated rings. The second-order valence-corrected chi connectivity index (χ2v) is 24.7. The van der Waals surface area contributed by atoms with Gasteiger partial charge in [-0.2, -0.15) is 5.26 Å². The van der Waals surface area contributed by atoms with E-state index < -0.39 is 0 Å². The number of nitriles is 1. The highest BCUT2D eigenvalue weighted by Crippen LogP contribution is 2.47. The monoisotopic (exact) mass is 786 g/mol. The maximum atomic E-state index is 9.43. The molecule has 10 heteroatoms. The number of nitrogen functional groups attached to an aromatic ring is 1. The SMILES string of the molecule is CSc1nc(N)[n+]2c(c1C#N)S[C@H]1CCC[C@H](I)[C@H]12.I[I+]I. The topological polar surface area (TPSA) is 66.6 Å². The summed E-state index contributed by atoms with van der Waals surface area (Å²) in [5.74, 6) is 0.557. The van der Waals surface area contributed by atoms with Gasteiger partial charge in [-0.15, -0.1) is 0 Å². The van der Waals surface area contributed by atoms with Crippen LogP contribution in [0.15, 0.2) is 10.1 Å². The Morgan fingerprint density at radius 1 is 1.50 bits per heavy atom. The van der Waals surface area contributed by atoms with Crippen LogP contribution in [0.3, 0.4) is 0 Å². The minimum absolute atomic E-state index is 0.393. The molecule has 2 N–H and O–H groups in total. The normalized spacial score (nSPS) is 25.5. The molecule has 22 heavy (non-hydrogen) atoms. The molecule has 0 aromatic carbocycles. The van der Waals surface area contributed by atoms with E-state index in [4.69, 9.17) is 5.73 Å². The van der Waals surface area contributed by atoms with E-state index in [1.54, 1.807) is 0 Å². The fraction of sp³-hybridized carbons (Fsp3) is 0.583. The first-order chi connectivity index (χ1) is 10.6. The molecule has 0 unspecified atom stereocenters. The van der Waals surface area contributed by atoms with Gasteiger partial charge in [0.1, 0.15) is 17.7 Å². The molecule has 0 bridgehead atoms. The number of hydrogen-bond acceptors (Lipinski definition) is 5. The molecule has 2 aliphatic rings. The van der Waals surface area contributed by atoms with E-state index in [2.05, 4.69) is 75.4 Å². The summed E-state index contributed by atoms with van der Waals surface area (Å²) >= 11 is 11.1. The molecule has 120 valence electrons. The summed E-state index contributed by atoms with van der Waals surface area (Å²) in [4.78, 5) is 4.42. The summed E-state index contributed by atoms with van der Waals surface area (Å²) in [5, 5.41) is 11.8. The Bertz CT molecular complexity index is 595. The zero-order valence-corrected chi connectivity index (χ0v) is 21.9. The number of hydrogen-bond donors (Lipinski definition) is 1. The van der Waals surface area contributed by atoms with E-state index in [1.807, 2.05) is 18.0 Å². The Labute approximate surface area is 182 Å². The molecule has 0 spiro atoms. The van der Waals surface area contributed by atoms with Crippen molar-refractivity contribution in [2.24, 2.45) is 0 Å². The highest BCUT2D eigenvalue weighted by molar-refractivity contribution is 14.2. The van der Waals surface area contributed by atoms with Crippen LogP contribution >= 0.6 is 83.3 Å². The van der Waals surface area contributed by atoms with Crippen molar-refractivity contribution in [3.63, 3.8) is 0 Å². The Morgan fingerprint density at radius 3 is 2.77 bits per heavy atom. The number of nitrogens with zero attached hydrogens (tertiary/aromatic N) is 3. The number of anilines is 1. The van der Waals surface area contributed by atoms with Gasteiger partial charge in [-0.1, -0.05) is 57.5 Å². The van der Waals surface area contributed by atoms with Gasteiger partial charge in [0, 0.05) is 9.17 Å². The first-order valence-corrected chi connectivity index (χ1v) is 22.4. The van der Waals surface area contributed by atoms with Crippen LogP contribution in [0.5, 0.6) is 0 Å². The van der Waals surface area contributed by atoms with Crippen molar-refractivity contribution in [1.82, 2.24) is 4.98 Å². The van der Waals surface area contributed by atoms with E-state index in [0.717, 1.165) is 10.1 Å². The van der Waals surface area contributed by atoms with Gasteiger partial charge in [0.2, 0.25) is 0 Å². The molecule has 3 rings (SSSR count). The van der Waals surface area contributed by atoms with Gasteiger partial charge >= 0.3 is 19.2 Å². The number of alkyl halides is 1. The second kappa shape index (κ2) is 9.62. The molecular weight excluding hydrogens is 772 g/mol. The average molecular weight is 786 g/mol. The minimum atomic E-state index is 0.393. The fourth-order valence-corrected chi connectivity index (χ4v) is 6.62. The number of rotatable bonds is 1. The minimum Gasteiger partial charge on any atom is -0.287 e. The summed E-state index contributed by atoms with van der Waals surface area (Å²) in [6.07, 6.45) is 5.63. The lowest BCUT2D eigenvalue weighted by atomic mass is 9.94. The third-order valence-corrected chi connectivity index (χ3v) is 7.18. The second-order valence-electron chi connectivity index (χ2n) is 4.79. The molecule has 1 aromatic rings. The Morgan fingerprint density at radius 2 is 2.18 bits per heavy atom. The molecular formula is C12H14I4N4S2+2. The molecule has 0 saturated heterocycles. The van der Waals surface area contributed by atoms with E-state index in [-0.39, 0.29) is 0 Å². The van der Waals surface area contributed by atoms with Gasteiger partial charge in [0.15, 0.2) is 10.1 Å². The third-order valence-electron chi connectivity index (χ3n) is 3.70. The largest absolute Gasteiger partial charge is 0.421 e. The lowest BCUT2D eigenvalue weighted by molar-refractivity contribution is -0.739. The highest BCUT2D eigenvalue weighted by atomic mass is 128. The third kappa shape index (κ3) is 4.21. The molecule has 2 heterocycles. The van der Waals surface area contributed by atoms with Crippen LogP contribution in [0, 0.1) is 11.3 Å². The molecule has 1 aliphatic heterocycles.